The van der Waals surface area contributed by atoms with Gasteiger partial charge in [0.15, 0.2) is 0 Å². The number of amidine groups is 2. The Kier molecular flexibility index (Phi) is 9.84. The summed E-state index contributed by atoms with van der Waals surface area (Å²) < 4.78 is 9.82. The number of piperidine rings is 1. The van der Waals surface area contributed by atoms with Crippen molar-refractivity contribution in [2.24, 2.45) is 27.0 Å². The van der Waals surface area contributed by atoms with Gasteiger partial charge in [0.1, 0.15) is 23.2 Å². The van der Waals surface area contributed by atoms with Crippen LogP contribution in [-0.2, 0) is 16.1 Å². The predicted octanol–water partition coefficient (Wildman–Crippen LogP) is 6.80. The Morgan fingerprint density at radius 3 is 2.58 bits per heavy atom. The van der Waals surface area contributed by atoms with Gasteiger partial charge in [-0.15, -0.1) is 0 Å². The van der Waals surface area contributed by atoms with Crippen molar-refractivity contribution in [3.63, 3.8) is 0 Å². The molecule has 8 N–H and O–H groups in total. The summed E-state index contributed by atoms with van der Waals surface area (Å²) in [5.41, 5.74) is 11.3. The maximum atomic E-state index is 11.0. The monoisotopic (exact) mass is 795 g/mol. The molecule has 2 aliphatic heterocycles. The normalized spacial score (nSPS) is 29.4. The van der Waals surface area contributed by atoms with Crippen molar-refractivity contribution in [3.8, 4) is 0 Å². The second-order valence-electron chi connectivity index (χ2n) is 17.7. The van der Waals surface area contributed by atoms with Gasteiger partial charge in [0, 0.05) is 42.0 Å². The van der Waals surface area contributed by atoms with E-state index in [4.69, 9.17) is 20.7 Å². The summed E-state index contributed by atoms with van der Waals surface area (Å²) in [5.74, 6) is -0.585. The van der Waals surface area contributed by atoms with E-state index in [2.05, 4.69) is 39.1 Å². The van der Waals surface area contributed by atoms with Gasteiger partial charge in [-0.25, -0.2) is 9.98 Å². The van der Waals surface area contributed by atoms with E-state index in [0.717, 1.165) is 72.1 Å². The number of aliphatic imine (C=N–C) groups is 1. The molecule has 1 saturated heterocycles. The zero-order valence-corrected chi connectivity index (χ0v) is 33.9. The summed E-state index contributed by atoms with van der Waals surface area (Å²) in [5, 5.41) is 51.2. The number of nitrogens with zero attached hydrogens (tertiary/aromatic N) is 5. The van der Waals surface area contributed by atoms with E-state index in [1.165, 1.54) is 17.8 Å². The molecule has 57 heavy (non-hydrogen) atoms. The SMILES string of the molecule is CC(=C1\CCCN(C2=CC=C(c3cnn(CC45CC6(C)CC(C)(C4)CC(OCCNCC(=O)O)(C6)C5)c3C)C(=C(O)O)N2)C1=N)/C(N)=N\c1nc2ccccc2s1. The Morgan fingerprint density at radius 1 is 1.11 bits per heavy atom. The number of hydrogen-bond donors (Lipinski definition) is 7. The third-order valence-corrected chi connectivity index (χ3v) is 13.6. The number of aliphatic hydroxyl groups is 2. The molecule has 9 rings (SSSR count). The summed E-state index contributed by atoms with van der Waals surface area (Å²) in [4.78, 5) is 22.0. The number of carbonyl (C=O) groups is 1. The number of dihydropyridines is 1. The molecular weight excluding hydrogens is 743 g/mol. The summed E-state index contributed by atoms with van der Waals surface area (Å²) >= 11 is 1.46. The number of fused-ring (bicyclic) bond motifs is 1. The second kappa shape index (κ2) is 14.4. The molecule has 1 aromatic carbocycles. The molecule has 4 aliphatic carbocycles. The van der Waals surface area contributed by atoms with Gasteiger partial charge in [0.2, 0.25) is 5.13 Å². The third kappa shape index (κ3) is 7.48. The number of nitrogens with one attached hydrogen (secondary N) is 3. The van der Waals surface area contributed by atoms with Gasteiger partial charge in [-0.1, -0.05) is 37.3 Å². The number of rotatable bonds is 12. The number of allylic oxidation sites excluding steroid dienone is 3. The van der Waals surface area contributed by atoms with Crippen LogP contribution in [0.4, 0.5) is 5.13 Å². The summed E-state index contributed by atoms with van der Waals surface area (Å²) in [7, 11) is 0. The molecule has 5 fully saturated rings. The lowest BCUT2D eigenvalue weighted by Gasteiger charge is -2.69. The van der Waals surface area contributed by atoms with Crippen molar-refractivity contribution in [1.82, 2.24) is 30.3 Å². The van der Waals surface area contributed by atoms with E-state index in [9.17, 15) is 20.4 Å². The van der Waals surface area contributed by atoms with E-state index >= 15 is 0 Å². The van der Waals surface area contributed by atoms with Gasteiger partial charge < -0.3 is 41.3 Å². The number of para-hydroxylation sites is 1. The number of aliphatic hydroxyl groups excluding tert-OH is 1. The molecule has 4 bridgehead atoms. The molecule has 0 radical (unpaired) electrons. The number of carboxylic acid groups (broad SMARTS) is 1. The number of benzene rings is 1. The highest BCUT2D eigenvalue weighted by Crippen LogP contribution is 2.72. The third-order valence-electron chi connectivity index (χ3n) is 12.6. The fourth-order valence-corrected chi connectivity index (χ4v) is 12.4. The van der Waals surface area contributed by atoms with Gasteiger partial charge in [0.25, 0.3) is 5.95 Å². The predicted molar refractivity (Wildman–Crippen MR) is 221 cm³/mol. The van der Waals surface area contributed by atoms with Gasteiger partial charge in [-0.3, -0.25) is 14.9 Å². The molecule has 0 amide bonds. The van der Waals surface area contributed by atoms with Crippen LogP contribution in [0.1, 0.15) is 83.4 Å². The standard InChI is InChI=1S/C42H53N9O5S/c1-25(35(43)49-38-47-30-9-5-6-10-31(30)57-38)27-8-7-14-50(36(27)44)32-12-11-28(34(48-32)37(54)55)29-16-46-51(26(29)2)24-41-19-39(3)18-40(4,20-41)22-42(21-39,23-41)56-15-13-45-17-33(52)53/h5-6,9-12,16,44-45,48,54-55H,7-8,13-15,17-24H2,1-4H3,(H,52,53)(H2,43,47,49)/b27-25-,44-36?. The average molecular weight is 796 g/mol. The van der Waals surface area contributed by atoms with Crippen LogP contribution in [0.25, 0.3) is 15.8 Å². The smallest absolute Gasteiger partial charge is 0.317 e. The molecule has 302 valence electrons. The number of likely N-dealkylation sites (tertiary alicyclic amines) is 1. The number of aromatic nitrogens is 3. The first-order valence-electron chi connectivity index (χ1n) is 19.8. The van der Waals surface area contributed by atoms with Crippen molar-refractivity contribution in [1.29, 1.82) is 5.41 Å². The van der Waals surface area contributed by atoms with Gasteiger partial charge >= 0.3 is 5.97 Å². The molecule has 14 nitrogen and oxygen atoms in total. The number of carboxylic acids is 1. The number of aliphatic carboxylic acids is 1. The van der Waals surface area contributed by atoms with E-state index in [1.807, 2.05) is 55.2 Å². The van der Waals surface area contributed by atoms with Gasteiger partial charge in [0.05, 0.1) is 35.2 Å². The van der Waals surface area contributed by atoms with Crippen LogP contribution in [0.5, 0.6) is 0 Å². The van der Waals surface area contributed by atoms with Gasteiger partial charge in [-0.2, -0.15) is 5.10 Å². The molecule has 2 unspecified atom stereocenters. The molecule has 2 aromatic heterocycles. The first-order valence-corrected chi connectivity index (χ1v) is 20.6. The number of nitrogens with two attached hydrogens (primary N) is 1. The zero-order valence-electron chi connectivity index (χ0n) is 33.1. The first-order chi connectivity index (χ1) is 27.1. The van der Waals surface area contributed by atoms with Crippen molar-refractivity contribution in [3.05, 3.63) is 82.5 Å². The molecule has 4 heterocycles. The van der Waals surface area contributed by atoms with Crippen molar-refractivity contribution in [2.45, 2.75) is 91.2 Å². The fourth-order valence-electron chi connectivity index (χ4n) is 11.6. The van der Waals surface area contributed by atoms with E-state index < -0.39 is 11.9 Å². The van der Waals surface area contributed by atoms with Crippen molar-refractivity contribution in [2.75, 3.05) is 26.2 Å². The highest BCUT2D eigenvalue weighted by Gasteiger charge is 2.66. The van der Waals surface area contributed by atoms with Crippen LogP contribution >= 0.6 is 11.3 Å². The second-order valence-corrected chi connectivity index (χ2v) is 18.7. The van der Waals surface area contributed by atoms with E-state index in [0.29, 0.717) is 54.1 Å². The minimum absolute atomic E-state index is 0.0225. The number of ether oxygens (including phenoxy) is 1. The Balaban J connectivity index is 1.02. The molecule has 3 aromatic rings. The molecule has 4 saturated carbocycles. The van der Waals surface area contributed by atoms with Crippen LogP contribution in [0.15, 0.2) is 76.2 Å². The maximum absolute atomic E-state index is 11.0. The van der Waals surface area contributed by atoms with Crippen LogP contribution in [-0.4, -0.2) is 84.5 Å². The maximum Gasteiger partial charge on any atom is 0.317 e. The average Bonchev–Trinajstić information content (AvgIpc) is 3.71. The number of thiazole rings is 1. The van der Waals surface area contributed by atoms with Crippen molar-refractivity contribution >= 4 is 49.9 Å². The highest BCUT2D eigenvalue weighted by molar-refractivity contribution is 7.22. The zero-order chi connectivity index (χ0) is 40.3. The fraction of sp³-hybridized carbons (Fsp3) is 0.500. The topological polar surface area (TPSA) is 207 Å². The van der Waals surface area contributed by atoms with Crippen molar-refractivity contribution < 1.29 is 24.9 Å². The lowest BCUT2D eigenvalue weighted by Crippen LogP contribution is -2.64. The Hall–Kier alpha value is -4.99. The van der Waals surface area contributed by atoms with E-state index in [-0.39, 0.29) is 39.9 Å². The lowest BCUT2D eigenvalue weighted by atomic mass is 9.39. The Labute approximate surface area is 336 Å². The van der Waals surface area contributed by atoms with Crippen LogP contribution in [0.2, 0.25) is 0 Å². The van der Waals surface area contributed by atoms with Crippen LogP contribution in [0.3, 0.4) is 0 Å². The molecule has 0 spiro atoms. The minimum atomic E-state index is -0.875. The van der Waals surface area contributed by atoms with Crippen LogP contribution in [0, 0.1) is 28.6 Å². The summed E-state index contributed by atoms with van der Waals surface area (Å²) in [6, 6.07) is 7.84. The summed E-state index contributed by atoms with van der Waals surface area (Å²) in [6.45, 7) is 10.9. The first kappa shape index (κ1) is 38.9. The largest absolute Gasteiger partial charge is 0.480 e. The highest BCUT2D eigenvalue weighted by atomic mass is 32.1. The summed E-state index contributed by atoms with van der Waals surface area (Å²) in [6.07, 6.45) is 13.2. The Morgan fingerprint density at radius 2 is 1.86 bits per heavy atom. The van der Waals surface area contributed by atoms with E-state index in [1.54, 1.807) is 6.20 Å². The molecule has 15 heteroatoms. The molecule has 6 aliphatic rings. The lowest BCUT2D eigenvalue weighted by molar-refractivity contribution is -0.247. The minimum Gasteiger partial charge on any atom is -0.480 e. The Bertz CT molecular complexity index is 2240. The molecular formula is C42H53N9O5S. The number of hydrogen-bond acceptors (Lipinski definition) is 11. The van der Waals surface area contributed by atoms with Gasteiger partial charge in [-0.05, 0) is 111 Å². The quantitative estimate of drug-likeness (QED) is 0.0439. The molecule has 2 atom stereocenters. The van der Waals surface area contributed by atoms with Crippen LogP contribution < -0.4 is 16.4 Å².